The Bertz CT molecular complexity index is 599. The van der Waals surface area contributed by atoms with Crippen molar-refractivity contribution in [3.05, 3.63) is 36.1 Å². The summed E-state index contributed by atoms with van der Waals surface area (Å²) in [5.41, 5.74) is 2.11. The molecule has 4 heteroatoms. The molecular weight excluding hydrogens is 266 g/mol. The molecule has 0 N–H and O–H groups in total. The zero-order chi connectivity index (χ0) is 14.5. The molecule has 4 nitrogen and oxygen atoms in total. The van der Waals surface area contributed by atoms with Crippen LogP contribution in [0.1, 0.15) is 24.8 Å². The molecule has 1 aromatic heterocycles. The molecule has 112 valence electrons. The summed E-state index contributed by atoms with van der Waals surface area (Å²) in [4.78, 5) is 13.9. The van der Waals surface area contributed by atoms with Gasteiger partial charge < -0.3 is 14.1 Å². The lowest BCUT2D eigenvalue weighted by molar-refractivity contribution is -0.137. The molecule has 0 radical (unpaired) electrons. The standard InChI is InChI=1S/C17H21NO3/c19-17(18-8-2-1-3-9-18)13-20-10-6-14-4-5-16-15(12-14)7-11-21-16/h4-5,7,11-12H,1-3,6,8-10,13H2. The van der Waals surface area contributed by atoms with Gasteiger partial charge in [-0.05, 0) is 49.4 Å². The van der Waals surface area contributed by atoms with Gasteiger partial charge in [-0.3, -0.25) is 4.79 Å². The van der Waals surface area contributed by atoms with E-state index in [0.717, 1.165) is 43.3 Å². The van der Waals surface area contributed by atoms with Crippen LogP contribution >= 0.6 is 0 Å². The van der Waals surface area contributed by atoms with Gasteiger partial charge in [0, 0.05) is 18.5 Å². The van der Waals surface area contributed by atoms with Crippen LogP contribution in [-0.2, 0) is 16.0 Å². The molecule has 0 unspecified atom stereocenters. The summed E-state index contributed by atoms with van der Waals surface area (Å²) in [5, 5.41) is 1.11. The molecule has 0 atom stereocenters. The van der Waals surface area contributed by atoms with Crippen molar-refractivity contribution < 1.29 is 13.9 Å². The van der Waals surface area contributed by atoms with Gasteiger partial charge in [-0.1, -0.05) is 6.07 Å². The summed E-state index contributed by atoms with van der Waals surface area (Å²) in [6.45, 7) is 2.55. The van der Waals surface area contributed by atoms with Crippen molar-refractivity contribution in [1.29, 1.82) is 0 Å². The van der Waals surface area contributed by atoms with Gasteiger partial charge in [0.05, 0.1) is 12.9 Å². The molecule has 0 bridgehead atoms. The molecule has 1 fully saturated rings. The summed E-state index contributed by atoms with van der Waals surface area (Å²) < 4.78 is 10.8. The third-order valence-electron chi connectivity index (χ3n) is 3.99. The molecule has 1 aliphatic heterocycles. The second kappa shape index (κ2) is 6.76. The first-order chi connectivity index (χ1) is 10.3. The molecule has 0 spiro atoms. The fraction of sp³-hybridized carbons (Fsp3) is 0.471. The van der Waals surface area contributed by atoms with Crippen molar-refractivity contribution in [2.24, 2.45) is 0 Å². The normalized spacial score (nSPS) is 15.5. The number of benzene rings is 1. The predicted octanol–water partition coefficient (Wildman–Crippen LogP) is 3.00. The van der Waals surface area contributed by atoms with E-state index in [4.69, 9.17) is 9.15 Å². The van der Waals surface area contributed by atoms with E-state index in [2.05, 4.69) is 6.07 Å². The minimum atomic E-state index is 0.125. The molecule has 21 heavy (non-hydrogen) atoms. The summed E-state index contributed by atoms with van der Waals surface area (Å²) in [6.07, 6.45) is 5.99. The lowest BCUT2D eigenvalue weighted by Gasteiger charge is -2.26. The van der Waals surface area contributed by atoms with E-state index in [0.29, 0.717) is 6.61 Å². The van der Waals surface area contributed by atoms with Gasteiger partial charge in [-0.25, -0.2) is 0 Å². The number of amides is 1. The first-order valence-corrected chi connectivity index (χ1v) is 7.64. The molecular formula is C17H21NO3. The van der Waals surface area contributed by atoms with Crippen molar-refractivity contribution in [2.45, 2.75) is 25.7 Å². The Balaban J connectivity index is 1.42. The summed E-state index contributed by atoms with van der Waals surface area (Å²) in [5.74, 6) is 0.125. The first kappa shape index (κ1) is 14.1. The number of likely N-dealkylation sites (tertiary alicyclic amines) is 1. The highest BCUT2D eigenvalue weighted by atomic mass is 16.5. The molecule has 1 amide bonds. The third-order valence-corrected chi connectivity index (χ3v) is 3.99. The van der Waals surface area contributed by atoms with Gasteiger partial charge in [0.15, 0.2) is 0 Å². The summed E-state index contributed by atoms with van der Waals surface area (Å²) in [6, 6.07) is 8.08. The largest absolute Gasteiger partial charge is 0.464 e. The van der Waals surface area contributed by atoms with Crippen LogP contribution in [0.25, 0.3) is 11.0 Å². The number of carbonyl (C=O) groups excluding carboxylic acids is 1. The Hall–Kier alpha value is -1.81. The zero-order valence-corrected chi connectivity index (χ0v) is 12.2. The minimum absolute atomic E-state index is 0.125. The average Bonchev–Trinajstić information content (AvgIpc) is 3.00. The quantitative estimate of drug-likeness (QED) is 0.794. The number of nitrogens with zero attached hydrogens (tertiary/aromatic N) is 1. The van der Waals surface area contributed by atoms with Crippen molar-refractivity contribution in [2.75, 3.05) is 26.3 Å². The van der Waals surface area contributed by atoms with Crippen molar-refractivity contribution in [3.63, 3.8) is 0 Å². The third kappa shape index (κ3) is 3.64. The van der Waals surface area contributed by atoms with Crippen LogP contribution in [0, 0.1) is 0 Å². The molecule has 1 aromatic carbocycles. The molecule has 0 aliphatic carbocycles. The van der Waals surface area contributed by atoms with Gasteiger partial charge >= 0.3 is 0 Å². The van der Waals surface area contributed by atoms with Gasteiger partial charge in [-0.2, -0.15) is 0 Å². The Morgan fingerprint density at radius 1 is 1.19 bits per heavy atom. The van der Waals surface area contributed by atoms with E-state index in [-0.39, 0.29) is 12.5 Å². The number of carbonyl (C=O) groups is 1. The number of piperidine rings is 1. The second-order valence-electron chi connectivity index (χ2n) is 5.54. The first-order valence-electron chi connectivity index (χ1n) is 7.64. The number of hydrogen-bond acceptors (Lipinski definition) is 3. The van der Waals surface area contributed by atoms with E-state index in [1.165, 1.54) is 12.0 Å². The number of furan rings is 1. The van der Waals surface area contributed by atoms with Crippen LogP contribution in [0.15, 0.2) is 34.9 Å². The van der Waals surface area contributed by atoms with Gasteiger partial charge in [0.2, 0.25) is 5.91 Å². The molecule has 1 saturated heterocycles. The van der Waals surface area contributed by atoms with Crippen LogP contribution < -0.4 is 0 Å². The molecule has 3 rings (SSSR count). The zero-order valence-electron chi connectivity index (χ0n) is 12.2. The number of ether oxygens (including phenoxy) is 1. The highest BCUT2D eigenvalue weighted by Crippen LogP contribution is 2.17. The SMILES string of the molecule is O=C(COCCc1ccc2occc2c1)N1CCCCC1. The van der Waals surface area contributed by atoms with Crippen LogP contribution in [-0.4, -0.2) is 37.1 Å². The smallest absolute Gasteiger partial charge is 0.248 e. The monoisotopic (exact) mass is 287 g/mol. The van der Waals surface area contributed by atoms with Crippen molar-refractivity contribution in [3.8, 4) is 0 Å². The topological polar surface area (TPSA) is 42.7 Å². The van der Waals surface area contributed by atoms with Crippen molar-refractivity contribution >= 4 is 16.9 Å². The van der Waals surface area contributed by atoms with E-state index in [1.807, 2.05) is 23.1 Å². The van der Waals surface area contributed by atoms with E-state index in [9.17, 15) is 4.79 Å². The van der Waals surface area contributed by atoms with E-state index in [1.54, 1.807) is 6.26 Å². The highest BCUT2D eigenvalue weighted by Gasteiger charge is 2.15. The van der Waals surface area contributed by atoms with Gasteiger partial charge in [0.25, 0.3) is 0 Å². The van der Waals surface area contributed by atoms with E-state index >= 15 is 0 Å². The van der Waals surface area contributed by atoms with Crippen LogP contribution in [0.4, 0.5) is 0 Å². The Morgan fingerprint density at radius 2 is 2.05 bits per heavy atom. The number of rotatable bonds is 5. The maximum absolute atomic E-state index is 11.9. The van der Waals surface area contributed by atoms with Gasteiger partial charge in [-0.15, -0.1) is 0 Å². The average molecular weight is 287 g/mol. The molecule has 0 saturated carbocycles. The fourth-order valence-electron chi connectivity index (χ4n) is 2.76. The minimum Gasteiger partial charge on any atom is -0.464 e. The highest BCUT2D eigenvalue weighted by molar-refractivity contribution is 5.78. The summed E-state index contributed by atoms with van der Waals surface area (Å²) in [7, 11) is 0. The molecule has 1 aliphatic rings. The Labute approximate surface area is 124 Å². The molecule has 2 aromatic rings. The Morgan fingerprint density at radius 3 is 2.90 bits per heavy atom. The lowest BCUT2D eigenvalue weighted by atomic mass is 10.1. The molecule has 2 heterocycles. The van der Waals surface area contributed by atoms with Crippen LogP contribution in [0.5, 0.6) is 0 Å². The lowest BCUT2D eigenvalue weighted by Crippen LogP contribution is -2.38. The maximum atomic E-state index is 11.9. The fourth-order valence-corrected chi connectivity index (χ4v) is 2.76. The van der Waals surface area contributed by atoms with Crippen LogP contribution in [0.2, 0.25) is 0 Å². The Kier molecular flexibility index (Phi) is 4.55. The second-order valence-corrected chi connectivity index (χ2v) is 5.54. The number of hydrogen-bond donors (Lipinski definition) is 0. The predicted molar refractivity (Wildman–Crippen MR) is 81.2 cm³/mol. The van der Waals surface area contributed by atoms with Crippen LogP contribution in [0.3, 0.4) is 0 Å². The summed E-state index contributed by atoms with van der Waals surface area (Å²) >= 11 is 0. The van der Waals surface area contributed by atoms with Crippen molar-refractivity contribution in [1.82, 2.24) is 4.90 Å². The van der Waals surface area contributed by atoms with Gasteiger partial charge in [0.1, 0.15) is 12.2 Å². The number of fused-ring (bicyclic) bond motifs is 1. The maximum Gasteiger partial charge on any atom is 0.248 e. The van der Waals surface area contributed by atoms with E-state index < -0.39 is 0 Å².